The number of nitriles is 1. The average molecular weight is 510 g/mol. The van der Waals surface area contributed by atoms with E-state index in [1.165, 1.54) is 18.4 Å². The Bertz CT molecular complexity index is 1410. The molecule has 1 aromatic heterocycles. The predicted molar refractivity (Wildman–Crippen MR) is 137 cm³/mol. The maximum atomic E-state index is 12.3. The van der Waals surface area contributed by atoms with Gasteiger partial charge in [0.15, 0.2) is 18.1 Å². The number of carbonyl (C=O) groups is 1. The number of ether oxygens (including phenoxy) is 2. The molecule has 0 unspecified atom stereocenters. The summed E-state index contributed by atoms with van der Waals surface area (Å²) in [6.07, 6.45) is 1.74. The number of allylic oxidation sites excluding steroid dienone is 1. The van der Waals surface area contributed by atoms with Crippen molar-refractivity contribution in [1.82, 2.24) is 4.98 Å². The van der Waals surface area contributed by atoms with E-state index in [4.69, 9.17) is 32.7 Å². The van der Waals surface area contributed by atoms with E-state index < -0.39 is 0 Å². The minimum absolute atomic E-state index is 0.235. The first-order valence-corrected chi connectivity index (χ1v) is 11.6. The lowest BCUT2D eigenvalue weighted by atomic mass is 10.1. The molecule has 0 aliphatic heterocycles. The fourth-order valence-corrected chi connectivity index (χ4v) is 4.33. The van der Waals surface area contributed by atoms with E-state index in [0.29, 0.717) is 37.8 Å². The van der Waals surface area contributed by atoms with Crippen molar-refractivity contribution < 1.29 is 14.3 Å². The van der Waals surface area contributed by atoms with E-state index in [-0.39, 0.29) is 12.5 Å². The first kappa shape index (κ1) is 23.6. The zero-order chi connectivity index (χ0) is 24.1. The van der Waals surface area contributed by atoms with Gasteiger partial charge in [0.05, 0.1) is 32.9 Å². The van der Waals surface area contributed by atoms with Crippen molar-refractivity contribution in [3.63, 3.8) is 0 Å². The monoisotopic (exact) mass is 509 g/mol. The Balaban J connectivity index is 1.47. The molecule has 6 nitrogen and oxygen atoms in total. The zero-order valence-electron chi connectivity index (χ0n) is 17.8. The van der Waals surface area contributed by atoms with Gasteiger partial charge < -0.3 is 14.8 Å². The Morgan fingerprint density at radius 1 is 1.12 bits per heavy atom. The Kier molecular flexibility index (Phi) is 7.33. The van der Waals surface area contributed by atoms with Gasteiger partial charge in [-0.25, -0.2) is 4.98 Å². The summed E-state index contributed by atoms with van der Waals surface area (Å²) in [7, 11) is 1.50. The van der Waals surface area contributed by atoms with Crippen molar-refractivity contribution in [3.05, 3.63) is 81.3 Å². The largest absolute Gasteiger partial charge is 0.493 e. The molecular weight excluding hydrogens is 493 g/mol. The lowest BCUT2D eigenvalue weighted by molar-refractivity contribution is -0.118. The quantitative estimate of drug-likeness (QED) is 0.280. The lowest BCUT2D eigenvalue weighted by Crippen LogP contribution is -2.20. The molecule has 1 N–H and O–H groups in total. The fraction of sp³-hybridized carbons (Fsp3) is 0.0800. The maximum absolute atomic E-state index is 12.3. The van der Waals surface area contributed by atoms with E-state index in [0.717, 1.165) is 15.8 Å². The molecule has 1 amide bonds. The lowest BCUT2D eigenvalue weighted by Gasteiger charge is -2.12. The molecular formula is C25H17Cl2N3O3S. The number of amides is 1. The Morgan fingerprint density at radius 3 is 2.68 bits per heavy atom. The Hall–Kier alpha value is -3.57. The van der Waals surface area contributed by atoms with Crippen LogP contribution in [-0.4, -0.2) is 24.6 Å². The molecule has 3 aromatic carbocycles. The van der Waals surface area contributed by atoms with Crippen LogP contribution in [0.5, 0.6) is 11.5 Å². The Labute approximate surface area is 210 Å². The SMILES string of the molecule is COc1cc(/C=C(\C#N)c2nc3ccccc3s2)ccc1OCC(=O)Nc1ccc(Cl)c(Cl)c1. The van der Waals surface area contributed by atoms with Gasteiger partial charge in [-0.1, -0.05) is 41.4 Å². The molecule has 0 fully saturated rings. The van der Waals surface area contributed by atoms with Crippen molar-refractivity contribution in [2.24, 2.45) is 0 Å². The highest BCUT2D eigenvalue weighted by Crippen LogP contribution is 2.32. The van der Waals surface area contributed by atoms with Gasteiger partial charge in [0.2, 0.25) is 0 Å². The standard InChI is InChI=1S/C25H17Cl2N3O3S/c1-32-22-11-15(10-16(13-28)25-30-20-4-2-3-5-23(20)34-25)6-9-21(22)33-14-24(31)29-17-7-8-18(26)19(27)12-17/h2-12H,14H2,1H3,(H,29,31)/b16-10+. The molecule has 0 aliphatic carbocycles. The predicted octanol–water partition coefficient (Wildman–Crippen LogP) is 6.69. The Morgan fingerprint density at radius 2 is 1.94 bits per heavy atom. The number of nitrogens with one attached hydrogen (secondary N) is 1. The number of carbonyl (C=O) groups excluding carboxylic acids is 1. The van der Waals surface area contributed by atoms with Crippen LogP contribution >= 0.6 is 34.5 Å². The summed E-state index contributed by atoms with van der Waals surface area (Å²) in [5.41, 5.74) is 2.54. The number of nitrogens with zero attached hydrogens (tertiary/aromatic N) is 2. The molecule has 1 heterocycles. The summed E-state index contributed by atoms with van der Waals surface area (Å²) in [4.78, 5) is 16.8. The molecule has 0 aliphatic rings. The highest BCUT2D eigenvalue weighted by Gasteiger charge is 2.12. The van der Waals surface area contributed by atoms with Crippen LogP contribution in [0.1, 0.15) is 10.6 Å². The highest BCUT2D eigenvalue weighted by molar-refractivity contribution is 7.19. The van der Waals surface area contributed by atoms with Crippen LogP contribution in [-0.2, 0) is 4.79 Å². The number of hydrogen-bond donors (Lipinski definition) is 1. The molecule has 0 saturated carbocycles. The third-order valence-corrected chi connectivity index (χ3v) is 6.51. The van der Waals surface area contributed by atoms with Crippen LogP contribution in [0.2, 0.25) is 10.0 Å². The number of benzene rings is 3. The number of halogens is 2. The number of fused-ring (bicyclic) bond motifs is 1. The number of methoxy groups -OCH3 is 1. The van der Waals surface area contributed by atoms with Gasteiger partial charge in [-0.2, -0.15) is 5.26 Å². The average Bonchev–Trinajstić information content (AvgIpc) is 3.28. The van der Waals surface area contributed by atoms with Crippen molar-refractivity contribution in [3.8, 4) is 17.6 Å². The summed E-state index contributed by atoms with van der Waals surface area (Å²) in [6, 6.07) is 19.9. The van der Waals surface area contributed by atoms with Crippen LogP contribution in [0.25, 0.3) is 21.9 Å². The number of rotatable bonds is 7. The summed E-state index contributed by atoms with van der Waals surface area (Å²) in [5, 5.41) is 13.8. The summed E-state index contributed by atoms with van der Waals surface area (Å²) in [6.45, 7) is -0.235. The molecule has 170 valence electrons. The van der Waals surface area contributed by atoms with Gasteiger partial charge in [0.25, 0.3) is 5.91 Å². The first-order valence-electron chi connectivity index (χ1n) is 10.0. The number of hydrogen-bond acceptors (Lipinski definition) is 6. The molecule has 34 heavy (non-hydrogen) atoms. The second-order valence-corrected chi connectivity index (χ2v) is 8.88. The van der Waals surface area contributed by atoms with Gasteiger partial charge in [-0.05, 0) is 54.1 Å². The molecule has 0 bridgehead atoms. The highest BCUT2D eigenvalue weighted by atomic mass is 35.5. The molecule has 4 aromatic rings. The topological polar surface area (TPSA) is 84.2 Å². The van der Waals surface area contributed by atoms with Crippen LogP contribution in [0.4, 0.5) is 5.69 Å². The smallest absolute Gasteiger partial charge is 0.262 e. The molecule has 0 spiro atoms. The minimum Gasteiger partial charge on any atom is -0.493 e. The molecule has 0 radical (unpaired) electrons. The minimum atomic E-state index is -0.369. The van der Waals surface area contributed by atoms with Gasteiger partial charge in [-0.15, -0.1) is 11.3 Å². The number of thiazole rings is 1. The number of para-hydroxylation sites is 1. The molecule has 0 atom stereocenters. The van der Waals surface area contributed by atoms with Crippen molar-refractivity contribution in [2.75, 3.05) is 19.0 Å². The van der Waals surface area contributed by atoms with E-state index in [1.807, 2.05) is 24.3 Å². The molecule has 9 heteroatoms. The van der Waals surface area contributed by atoms with E-state index in [1.54, 1.807) is 42.5 Å². The van der Waals surface area contributed by atoms with Crippen molar-refractivity contribution in [1.29, 1.82) is 5.26 Å². The fourth-order valence-electron chi connectivity index (χ4n) is 3.10. The van der Waals surface area contributed by atoms with Gasteiger partial charge in [0, 0.05) is 5.69 Å². The van der Waals surface area contributed by atoms with Gasteiger partial charge >= 0.3 is 0 Å². The third kappa shape index (κ3) is 5.49. The van der Waals surface area contributed by atoms with Gasteiger partial charge in [0.1, 0.15) is 11.1 Å². The van der Waals surface area contributed by atoms with Crippen molar-refractivity contribution in [2.45, 2.75) is 0 Å². The summed E-state index contributed by atoms with van der Waals surface area (Å²) in [5.74, 6) is 0.451. The number of aromatic nitrogens is 1. The summed E-state index contributed by atoms with van der Waals surface area (Å²) < 4.78 is 12.1. The molecule has 0 saturated heterocycles. The van der Waals surface area contributed by atoms with Gasteiger partial charge in [-0.3, -0.25) is 4.79 Å². The van der Waals surface area contributed by atoms with Crippen molar-refractivity contribution >= 4 is 68.0 Å². The summed E-state index contributed by atoms with van der Waals surface area (Å²) >= 11 is 13.3. The second-order valence-electron chi connectivity index (χ2n) is 7.03. The van der Waals surface area contributed by atoms with Crippen LogP contribution in [0.3, 0.4) is 0 Å². The number of anilines is 1. The van der Waals surface area contributed by atoms with Crippen LogP contribution < -0.4 is 14.8 Å². The normalized spacial score (nSPS) is 11.2. The molecule has 4 rings (SSSR count). The second kappa shape index (κ2) is 10.6. The third-order valence-electron chi connectivity index (χ3n) is 4.71. The maximum Gasteiger partial charge on any atom is 0.262 e. The van der Waals surface area contributed by atoms with E-state index >= 15 is 0 Å². The zero-order valence-corrected chi connectivity index (χ0v) is 20.2. The van der Waals surface area contributed by atoms with E-state index in [9.17, 15) is 10.1 Å². The first-order chi connectivity index (χ1) is 16.5. The van der Waals surface area contributed by atoms with Crippen LogP contribution in [0.15, 0.2) is 60.7 Å². The van der Waals surface area contributed by atoms with Crippen LogP contribution in [0, 0.1) is 11.3 Å². The van der Waals surface area contributed by atoms with E-state index in [2.05, 4.69) is 16.4 Å².